The van der Waals surface area contributed by atoms with Gasteiger partial charge in [-0.15, -0.1) is 0 Å². The molecule has 0 fully saturated rings. The van der Waals surface area contributed by atoms with Gasteiger partial charge in [0.1, 0.15) is 11.5 Å². The molecule has 23 heteroatoms. The van der Waals surface area contributed by atoms with Crippen molar-refractivity contribution < 1.29 is 39.6 Å². The molecule has 0 unspecified atom stereocenters. The highest BCUT2D eigenvalue weighted by atomic mass is 16.5. The van der Waals surface area contributed by atoms with Gasteiger partial charge in [-0.2, -0.15) is 0 Å². The largest absolute Gasteiger partial charge is 0.493 e. The summed E-state index contributed by atoms with van der Waals surface area (Å²) in [4.78, 5) is 25.8. The highest BCUT2D eigenvalue weighted by molar-refractivity contribution is 6.47. The highest BCUT2D eigenvalue weighted by Gasteiger charge is 2.25. The molecule has 0 saturated heterocycles. The number of hydrogen-bond acceptors (Lipinski definition) is 17. The first-order valence-corrected chi connectivity index (χ1v) is 24.4. The Kier molecular flexibility index (Phi) is 25.1. The lowest BCUT2D eigenvalue weighted by Crippen LogP contribution is -2.50. The third kappa shape index (κ3) is 19.2. The lowest BCUT2D eigenvalue weighted by Gasteiger charge is -2.31. The van der Waals surface area contributed by atoms with Crippen LogP contribution in [-0.2, 0) is 0 Å². The minimum absolute atomic E-state index is 0.364. The average Bonchev–Trinajstić information content (AvgIpc) is 3.32. The van der Waals surface area contributed by atoms with Crippen LogP contribution in [0, 0.1) is 0 Å². The van der Waals surface area contributed by atoms with E-state index in [9.17, 15) is 30.1 Å². The Morgan fingerprint density at radius 3 is 1.04 bits per heavy atom. The van der Waals surface area contributed by atoms with Crippen molar-refractivity contribution in [3.05, 3.63) is 79.1 Å². The van der Waals surface area contributed by atoms with E-state index in [1.165, 1.54) is 0 Å². The van der Waals surface area contributed by atoms with E-state index in [2.05, 4.69) is 9.97 Å². The average molecular weight is 935 g/mol. The van der Waals surface area contributed by atoms with Crippen LogP contribution < -0.4 is 9.47 Å². The molecule has 4 rings (SSSR count). The zero-order valence-corrected chi connectivity index (χ0v) is 41.8. The van der Waals surface area contributed by atoms with Gasteiger partial charge in [0.2, 0.25) is 0 Å². The number of aromatic nitrogens is 3. The number of benzene rings is 1. The first-order chi connectivity index (χ1) is 32.6. The van der Waals surface area contributed by atoms with Crippen LogP contribution in [0.5, 0.6) is 11.5 Å². The summed E-state index contributed by atoms with van der Waals surface area (Å²) in [7, 11) is -3.93. The molecular formula is C45H75B6N9O8. The van der Waals surface area contributed by atoms with Crippen LogP contribution in [0.25, 0.3) is 33.9 Å². The summed E-state index contributed by atoms with van der Waals surface area (Å²) in [6, 6.07) is 21.3. The first-order valence-electron chi connectivity index (χ1n) is 24.4. The number of ether oxygens (including phenoxy) is 2. The van der Waals surface area contributed by atoms with Crippen molar-refractivity contribution in [2.24, 2.45) is 0 Å². The van der Waals surface area contributed by atoms with Gasteiger partial charge < -0.3 is 68.5 Å². The Hall–Kier alpha value is -3.82. The fourth-order valence-electron chi connectivity index (χ4n) is 8.00. The Morgan fingerprint density at radius 1 is 0.412 bits per heavy atom. The molecule has 0 spiro atoms. The number of hydrogen-bond donors (Lipinski definition) is 6. The molecule has 0 amide bonds. The van der Waals surface area contributed by atoms with Crippen molar-refractivity contribution in [3.8, 4) is 45.4 Å². The summed E-state index contributed by atoms with van der Waals surface area (Å²) in [5.74, 6) is 1.22. The second-order valence-corrected chi connectivity index (χ2v) is 17.3. The van der Waals surface area contributed by atoms with E-state index in [1.54, 1.807) is 53.3 Å². The lowest BCUT2D eigenvalue weighted by atomic mass is 9.82. The van der Waals surface area contributed by atoms with Crippen LogP contribution in [0.3, 0.4) is 0 Å². The molecule has 0 aliphatic rings. The highest BCUT2D eigenvalue weighted by Crippen LogP contribution is 2.34. The topological polar surface area (TPSA) is 198 Å². The number of rotatable bonds is 33. The Morgan fingerprint density at radius 2 is 0.735 bits per heavy atom. The number of pyridine rings is 3. The summed E-state index contributed by atoms with van der Waals surface area (Å²) in [5, 5.41) is 62.6. The number of nitrogens with zero attached hydrogens (tertiary/aromatic N) is 9. The molecule has 4 aromatic rings. The van der Waals surface area contributed by atoms with E-state index >= 15 is 0 Å². The molecular weight excluding hydrogens is 859 g/mol. The maximum atomic E-state index is 10.7. The molecule has 0 saturated carbocycles. The van der Waals surface area contributed by atoms with Crippen molar-refractivity contribution in [2.75, 3.05) is 91.8 Å². The van der Waals surface area contributed by atoms with Crippen molar-refractivity contribution >= 4 is 42.3 Å². The molecule has 6 N–H and O–H groups in total. The van der Waals surface area contributed by atoms with E-state index < -0.39 is 42.3 Å². The summed E-state index contributed by atoms with van der Waals surface area (Å²) >= 11 is 0. The predicted molar refractivity (Wildman–Crippen MR) is 280 cm³/mol. The monoisotopic (exact) mass is 936 g/mol. The van der Waals surface area contributed by atoms with E-state index in [-0.39, 0.29) is 0 Å². The molecule has 3 heterocycles. The SMILES string of the molecule is CCN(CCN(CCN(CCCOc1cc(OCCCN(CCN(CCN(CC)B(C)O)B(C)O)B(C)O)cc(-c2cc(-c3ccccn3)nc(-c3ccccn3)c2)c1)B(C)O)B(C)O)B(C)O. The summed E-state index contributed by atoms with van der Waals surface area (Å²) in [6.07, 6.45) is 4.72. The van der Waals surface area contributed by atoms with Crippen LogP contribution in [-0.4, -0.2) is 208 Å². The second kappa shape index (κ2) is 30.0. The maximum Gasteiger partial charge on any atom is 0.376 e. The molecule has 366 valence electrons. The van der Waals surface area contributed by atoms with E-state index in [1.807, 2.05) is 109 Å². The van der Waals surface area contributed by atoms with Gasteiger partial charge in [-0.3, -0.25) is 9.97 Å². The summed E-state index contributed by atoms with van der Waals surface area (Å²) in [6.45, 7) is 22.2. The minimum atomic E-state index is -0.707. The smallest absolute Gasteiger partial charge is 0.376 e. The van der Waals surface area contributed by atoms with Gasteiger partial charge in [0.05, 0.1) is 36.0 Å². The van der Waals surface area contributed by atoms with Gasteiger partial charge in [0.15, 0.2) is 0 Å². The van der Waals surface area contributed by atoms with Gasteiger partial charge in [-0.05, 0) is 140 Å². The van der Waals surface area contributed by atoms with E-state index in [4.69, 9.17) is 14.5 Å². The third-order valence-corrected chi connectivity index (χ3v) is 12.3. The minimum Gasteiger partial charge on any atom is -0.493 e. The van der Waals surface area contributed by atoms with Crippen molar-refractivity contribution in [3.63, 3.8) is 0 Å². The molecule has 1 aromatic carbocycles. The standard InChI is InChI=1S/C45H75B6N9O8/c1-9-55(46(3)61)23-25-59(50(7)65)29-27-57(48(5)63)21-15-31-67-40-33-38(39-35-44(42-17-11-13-19-52-42)54-45(36-39)43-18-12-14-20-53-43)34-41(37-40)68-32-16-22-58(49(6)64)28-30-60(51(8)66)26-24-56(10-2)47(4)62/h11-14,17-20,33-37,61-66H,9-10,15-16,21-32H2,1-8H3. The summed E-state index contributed by atoms with van der Waals surface area (Å²) < 4.78 is 12.9. The molecule has 17 nitrogen and oxygen atoms in total. The molecule has 0 bridgehead atoms. The van der Waals surface area contributed by atoms with E-state index in [0.717, 1.165) is 22.5 Å². The van der Waals surface area contributed by atoms with Crippen LogP contribution in [0.1, 0.15) is 26.7 Å². The normalized spacial score (nSPS) is 11.6. The van der Waals surface area contributed by atoms with Crippen LogP contribution in [0.2, 0.25) is 40.9 Å². The lowest BCUT2D eigenvalue weighted by molar-refractivity contribution is 0.251. The van der Waals surface area contributed by atoms with Crippen LogP contribution in [0.4, 0.5) is 0 Å². The molecule has 0 atom stereocenters. The van der Waals surface area contributed by atoms with Crippen molar-refractivity contribution in [2.45, 2.75) is 67.6 Å². The maximum absolute atomic E-state index is 10.7. The van der Waals surface area contributed by atoms with Crippen molar-refractivity contribution in [1.29, 1.82) is 0 Å². The third-order valence-electron chi connectivity index (χ3n) is 12.3. The zero-order chi connectivity index (χ0) is 49.6. The van der Waals surface area contributed by atoms with Crippen molar-refractivity contribution in [1.82, 2.24) is 43.8 Å². The predicted octanol–water partition coefficient (Wildman–Crippen LogP) is 2.92. The quantitative estimate of drug-likeness (QED) is 0.0301. The molecule has 68 heavy (non-hydrogen) atoms. The van der Waals surface area contributed by atoms with Gasteiger partial charge in [0.25, 0.3) is 0 Å². The fourth-order valence-corrected chi connectivity index (χ4v) is 8.00. The van der Waals surface area contributed by atoms with Gasteiger partial charge >= 0.3 is 42.3 Å². The molecule has 3 aromatic heterocycles. The first kappa shape index (κ1) is 56.8. The Balaban J connectivity index is 1.51. The van der Waals surface area contributed by atoms with Gasteiger partial charge in [-0.1, -0.05) is 26.0 Å². The molecule has 0 aliphatic carbocycles. The fraction of sp³-hybridized carbons (Fsp3) is 0.533. The van der Waals surface area contributed by atoms with Crippen LogP contribution in [0.15, 0.2) is 79.1 Å². The number of likely N-dealkylation sites (N-methyl/N-ethyl adjacent to an activating group) is 2. The Bertz CT molecular complexity index is 1880. The van der Waals surface area contributed by atoms with Gasteiger partial charge in [-0.25, -0.2) is 4.98 Å². The zero-order valence-electron chi connectivity index (χ0n) is 41.8. The molecule has 0 aliphatic heterocycles. The summed E-state index contributed by atoms with van der Waals surface area (Å²) in [5.41, 5.74) is 4.53. The van der Waals surface area contributed by atoms with Crippen LogP contribution >= 0.6 is 0 Å². The van der Waals surface area contributed by atoms with E-state index in [0.29, 0.717) is 127 Å². The molecule has 0 radical (unpaired) electrons. The second-order valence-electron chi connectivity index (χ2n) is 17.3. The Labute approximate surface area is 408 Å². The van der Waals surface area contributed by atoms with Gasteiger partial charge in [0, 0.05) is 70.8 Å².